The number of ether oxygens (including phenoxy) is 1. The zero-order valence-electron chi connectivity index (χ0n) is 14.0. The van der Waals surface area contributed by atoms with Gasteiger partial charge >= 0.3 is 6.09 Å². The van der Waals surface area contributed by atoms with Gasteiger partial charge in [0.15, 0.2) is 0 Å². The second kappa shape index (κ2) is 6.71. The van der Waals surface area contributed by atoms with Gasteiger partial charge < -0.3 is 14.5 Å². The summed E-state index contributed by atoms with van der Waals surface area (Å²) in [6, 6.07) is 0. The Kier molecular flexibility index (Phi) is 5.14. The molecule has 124 valence electrons. The largest absolute Gasteiger partial charge is 0.444 e. The molecule has 2 saturated heterocycles. The van der Waals surface area contributed by atoms with E-state index in [4.69, 9.17) is 4.74 Å². The maximum atomic E-state index is 12.1. The Labute approximate surface area is 133 Å². The van der Waals surface area contributed by atoms with E-state index in [0.29, 0.717) is 11.8 Å². The zero-order valence-corrected chi connectivity index (χ0v) is 14.0. The normalized spacial score (nSPS) is 23.5. The van der Waals surface area contributed by atoms with Gasteiger partial charge in [0.25, 0.3) is 0 Å². The van der Waals surface area contributed by atoms with Gasteiger partial charge in [-0.3, -0.25) is 4.79 Å². The minimum atomic E-state index is -0.439. The topological polar surface area (TPSA) is 49.9 Å². The van der Waals surface area contributed by atoms with Crippen LogP contribution in [0.25, 0.3) is 0 Å². The van der Waals surface area contributed by atoms with Gasteiger partial charge in [-0.15, -0.1) is 0 Å². The Bertz CT molecular complexity index is 434. The van der Waals surface area contributed by atoms with Crippen molar-refractivity contribution in [2.24, 2.45) is 11.8 Å². The summed E-state index contributed by atoms with van der Waals surface area (Å²) in [4.78, 5) is 27.4. The first kappa shape index (κ1) is 16.8. The highest BCUT2D eigenvalue weighted by Gasteiger charge is 2.35. The van der Waals surface area contributed by atoms with Crippen LogP contribution in [0.3, 0.4) is 0 Å². The molecule has 22 heavy (non-hydrogen) atoms. The van der Waals surface area contributed by atoms with Crippen LogP contribution in [0.2, 0.25) is 0 Å². The summed E-state index contributed by atoms with van der Waals surface area (Å²) in [7, 11) is 0. The molecule has 0 aliphatic carbocycles. The number of hydrogen-bond donors (Lipinski definition) is 0. The first-order valence-electron chi connectivity index (χ1n) is 8.19. The number of hydrogen-bond acceptors (Lipinski definition) is 3. The Hall–Kier alpha value is -1.52. The van der Waals surface area contributed by atoms with Crippen molar-refractivity contribution in [3.63, 3.8) is 0 Å². The quantitative estimate of drug-likeness (QED) is 0.737. The number of carbonyl (C=O) groups is 2. The molecule has 0 aromatic rings. The number of piperidine rings is 1. The van der Waals surface area contributed by atoms with Crippen LogP contribution in [0.1, 0.15) is 40.0 Å². The molecule has 0 saturated carbocycles. The predicted molar refractivity (Wildman–Crippen MR) is 85.4 cm³/mol. The van der Waals surface area contributed by atoms with Crippen molar-refractivity contribution in [2.75, 3.05) is 26.2 Å². The summed E-state index contributed by atoms with van der Waals surface area (Å²) >= 11 is 0. The van der Waals surface area contributed by atoms with E-state index in [9.17, 15) is 9.59 Å². The SMILES string of the molecule is C=CC(=O)N1CCC(C2CCN(C(=O)OC(C)(C)C)C2)CC1. The summed E-state index contributed by atoms with van der Waals surface area (Å²) in [5, 5.41) is 0. The fraction of sp³-hybridized carbons (Fsp3) is 0.765. The summed E-state index contributed by atoms with van der Waals surface area (Å²) < 4.78 is 5.44. The van der Waals surface area contributed by atoms with Crippen molar-refractivity contribution in [2.45, 2.75) is 45.6 Å². The van der Waals surface area contributed by atoms with Crippen LogP contribution in [0.15, 0.2) is 12.7 Å². The zero-order chi connectivity index (χ0) is 16.3. The van der Waals surface area contributed by atoms with Crippen LogP contribution in [0.4, 0.5) is 4.79 Å². The molecule has 0 spiro atoms. The molecule has 0 bridgehead atoms. The van der Waals surface area contributed by atoms with Crippen LogP contribution >= 0.6 is 0 Å². The minimum Gasteiger partial charge on any atom is -0.444 e. The van der Waals surface area contributed by atoms with E-state index >= 15 is 0 Å². The van der Waals surface area contributed by atoms with Crippen molar-refractivity contribution < 1.29 is 14.3 Å². The molecular formula is C17H28N2O3. The average molecular weight is 308 g/mol. The molecule has 2 aliphatic rings. The number of likely N-dealkylation sites (tertiary alicyclic amines) is 2. The fourth-order valence-corrected chi connectivity index (χ4v) is 3.38. The summed E-state index contributed by atoms with van der Waals surface area (Å²) in [6.45, 7) is 12.4. The summed E-state index contributed by atoms with van der Waals surface area (Å²) in [5.41, 5.74) is -0.439. The van der Waals surface area contributed by atoms with Crippen LogP contribution in [-0.4, -0.2) is 53.6 Å². The molecule has 0 radical (unpaired) electrons. The van der Waals surface area contributed by atoms with E-state index in [1.807, 2.05) is 30.6 Å². The first-order valence-corrected chi connectivity index (χ1v) is 8.19. The lowest BCUT2D eigenvalue weighted by Crippen LogP contribution is -2.40. The lowest BCUT2D eigenvalue weighted by molar-refractivity contribution is -0.127. The Balaban J connectivity index is 1.81. The molecule has 0 N–H and O–H groups in total. The van der Waals surface area contributed by atoms with Gasteiger partial charge in [-0.05, 0) is 57.9 Å². The van der Waals surface area contributed by atoms with E-state index in [0.717, 1.165) is 45.4 Å². The Morgan fingerprint density at radius 2 is 1.59 bits per heavy atom. The Morgan fingerprint density at radius 3 is 2.14 bits per heavy atom. The van der Waals surface area contributed by atoms with Gasteiger partial charge in [-0.25, -0.2) is 4.79 Å². The Morgan fingerprint density at radius 1 is 1.05 bits per heavy atom. The highest BCUT2D eigenvalue weighted by Crippen LogP contribution is 2.32. The number of carbonyl (C=O) groups excluding carboxylic acids is 2. The second-order valence-corrected chi connectivity index (χ2v) is 7.34. The van der Waals surface area contributed by atoms with Gasteiger partial charge in [0.2, 0.25) is 5.91 Å². The fourth-order valence-electron chi connectivity index (χ4n) is 3.38. The number of rotatable bonds is 2. The molecule has 2 rings (SSSR count). The van der Waals surface area contributed by atoms with Gasteiger partial charge in [0, 0.05) is 26.2 Å². The van der Waals surface area contributed by atoms with E-state index in [2.05, 4.69) is 6.58 Å². The monoisotopic (exact) mass is 308 g/mol. The highest BCUT2D eigenvalue weighted by atomic mass is 16.6. The third kappa shape index (κ3) is 4.24. The molecule has 5 heteroatoms. The third-order valence-electron chi connectivity index (χ3n) is 4.57. The van der Waals surface area contributed by atoms with E-state index < -0.39 is 5.60 Å². The van der Waals surface area contributed by atoms with Gasteiger partial charge in [-0.1, -0.05) is 6.58 Å². The smallest absolute Gasteiger partial charge is 0.410 e. The van der Waals surface area contributed by atoms with Crippen molar-refractivity contribution >= 4 is 12.0 Å². The van der Waals surface area contributed by atoms with Crippen molar-refractivity contribution in [3.05, 3.63) is 12.7 Å². The maximum absolute atomic E-state index is 12.1. The number of amides is 2. The molecule has 2 heterocycles. The molecule has 2 fully saturated rings. The molecule has 2 amide bonds. The van der Waals surface area contributed by atoms with Crippen molar-refractivity contribution in [3.8, 4) is 0 Å². The molecular weight excluding hydrogens is 280 g/mol. The van der Waals surface area contributed by atoms with Gasteiger partial charge in [0.1, 0.15) is 5.60 Å². The average Bonchev–Trinajstić information content (AvgIpc) is 2.95. The minimum absolute atomic E-state index is 0.0280. The second-order valence-electron chi connectivity index (χ2n) is 7.34. The van der Waals surface area contributed by atoms with Crippen molar-refractivity contribution in [1.82, 2.24) is 9.80 Å². The van der Waals surface area contributed by atoms with E-state index in [-0.39, 0.29) is 12.0 Å². The maximum Gasteiger partial charge on any atom is 0.410 e. The summed E-state index contributed by atoms with van der Waals surface area (Å²) in [5.74, 6) is 1.16. The van der Waals surface area contributed by atoms with Crippen LogP contribution < -0.4 is 0 Å². The lowest BCUT2D eigenvalue weighted by Gasteiger charge is -2.34. The third-order valence-corrected chi connectivity index (χ3v) is 4.57. The van der Waals surface area contributed by atoms with Gasteiger partial charge in [0.05, 0.1) is 0 Å². The highest BCUT2D eigenvalue weighted by molar-refractivity contribution is 5.87. The molecule has 1 atom stereocenters. The van der Waals surface area contributed by atoms with Crippen LogP contribution in [0, 0.1) is 11.8 Å². The molecule has 1 unspecified atom stereocenters. The van der Waals surface area contributed by atoms with Crippen LogP contribution in [0.5, 0.6) is 0 Å². The predicted octanol–water partition coefficient (Wildman–Crippen LogP) is 2.67. The van der Waals surface area contributed by atoms with E-state index in [1.165, 1.54) is 6.08 Å². The molecule has 5 nitrogen and oxygen atoms in total. The van der Waals surface area contributed by atoms with Crippen molar-refractivity contribution in [1.29, 1.82) is 0 Å². The standard InChI is InChI=1S/C17H28N2O3/c1-5-15(20)18-9-6-13(7-10-18)14-8-11-19(12-14)16(21)22-17(2,3)4/h5,13-14H,1,6-12H2,2-4H3. The number of nitrogens with zero attached hydrogens (tertiary/aromatic N) is 2. The van der Waals surface area contributed by atoms with E-state index in [1.54, 1.807) is 0 Å². The van der Waals surface area contributed by atoms with Crippen LogP contribution in [-0.2, 0) is 9.53 Å². The molecule has 0 aromatic heterocycles. The summed E-state index contributed by atoms with van der Waals surface area (Å²) in [6.07, 6.45) is 4.27. The molecule has 2 aliphatic heterocycles. The lowest BCUT2D eigenvalue weighted by atomic mass is 9.84. The first-order chi connectivity index (χ1) is 10.3. The van der Waals surface area contributed by atoms with Gasteiger partial charge in [-0.2, -0.15) is 0 Å². The molecule has 0 aromatic carbocycles.